The molecule has 0 aromatic carbocycles. The molecule has 0 amide bonds. The van der Waals surface area contributed by atoms with Gasteiger partial charge in [0.15, 0.2) is 0 Å². The Kier molecular flexibility index (Phi) is 5.21. The van der Waals surface area contributed by atoms with E-state index in [2.05, 4.69) is 0 Å². The summed E-state index contributed by atoms with van der Waals surface area (Å²) >= 11 is 10.6. The van der Waals surface area contributed by atoms with Crippen molar-refractivity contribution >= 4 is 28.4 Å². The molecule has 54 valence electrons. The van der Waals surface area contributed by atoms with Gasteiger partial charge in [0, 0.05) is 11.8 Å². The van der Waals surface area contributed by atoms with Crippen molar-refractivity contribution in [1.29, 1.82) is 0 Å². The van der Waals surface area contributed by atoms with Gasteiger partial charge in [-0.3, -0.25) is 4.79 Å². The van der Waals surface area contributed by atoms with Crippen LogP contribution in [-0.2, 0) is 4.79 Å². The number of carbonyl (C=O) groups is 1. The SMILES string of the molecule is CCC(CCCl)C(=O)Cl. The van der Waals surface area contributed by atoms with E-state index in [1.165, 1.54) is 0 Å². The van der Waals surface area contributed by atoms with Crippen molar-refractivity contribution in [2.45, 2.75) is 19.8 Å². The van der Waals surface area contributed by atoms with Crippen LogP contribution in [0.2, 0.25) is 0 Å². The average molecular weight is 169 g/mol. The monoisotopic (exact) mass is 168 g/mol. The van der Waals surface area contributed by atoms with E-state index in [-0.39, 0.29) is 11.2 Å². The lowest BCUT2D eigenvalue weighted by Gasteiger charge is -2.04. The molecule has 0 heterocycles. The first kappa shape index (κ1) is 9.25. The van der Waals surface area contributed by atoms with Crippen molar-refractivity contribution in [2.75, 3.05) is 5.88 Å². The summed E-state index contributed by atoms with van der Waals surface area (Å²) in [6, 6.07) is 0. The van der Waals surface area contributed by atoms with Gasteiger partial charge in [-0.2, -0.15) is 0 Å². The Balaban J connectivity index is 3.54. The molecule has 1 unspecified atom stereocenters. The molecule has 1 nitrogen and oxygen atoms in total. The zero-order valence-corrected chi connectivity index (χ0v) is 6.87. The Morgan fingerprint density at radius 3 is 2.33 bits per heavy atom. The molecule has 0 aliphatic heterocycles. The van der Waals surface area contributed by atoms with Gasteiger partial charge in [-0.15, -0.1) is 11.6 Å². The van der Waals surface area contributed by atoms with Crippen LogP contribution in [0.25, 0.3) is 0 Å². The summed E-state index contributed by atoms with van der Waals surface area (Å²) in [7, 11) is 0. The molecule has 0 aliphatic rings. The number of halogens is 2. The normalized spacial score (nSPS) is 13.2. The van der Waals surface area contributed by atoms with Crippen molar-refractivity contribution in [3.63, 3.8) is 0 Å². The Bertz CT molecular complexity index is 93.1. The van der Waals surface area contributed by atoms with Gasteiger partial charge in [0.1, 0.15) is 0 Å². The number of rotatable bonds is 4. The first-order valence-corrected chi connectivity index (χ1v) is 3.89. The second-order valence-electron chi connectivity index (χ2n) is 1.89. The second-order valence-corrected chi connectivity index (χ2v) is 2.64. The van der Waals surface area contributed by atoms with Gasteiger partial charge in [-0.1, -0.05) is 6.92 Å². The van der Waals surface area contributed by atoms with E-state index in [9.17, 15) is 4.79 Å². The molecular formula is C6H10Cl2O. The largest absolute Gasteiger partial charge is 0.281 e. The van der Waals surface area contributed by atoms with E-state index in [1.54, 1.807) is 0 Å². The summed E-state index contributed by atoms with van der Waals surface area (Å²) in [6.45, 7) is 1.93. The number of alkyl halides is 1. The first-order chi connectivity index (χ1) is 4.22. The zero-order chi connectivity index (χ0) is 7.28. The second kappa shape index (κ2) is 5.07. The smallest absolute Gasteiger partial charge is 0.224 e. The maximum atomic E-state index is 10.5. The third-order valence-electron chi connectivity index (χ3n) is 1.27. The van der Waals surface area contributed by atoms with Crippen LogP contribution < -0.4 is 0 Å². The lowest BCUT2D eigenvalue weighted by atomic mass is 10.1. The molecule has 0 aromatic heterocycles. The molecule has 0 saturated carbocycles. The van der Waals surface area contributed by atoms with Crippen molar-refractivity contribution in [3.8, 4) is 0 Å². The lowest BCUT2D eigenvalue weighted by Crippen LogP contribution is -2.07. The highest BCUT2D eigenvalue weighted by atomic mass is 35.5. The van der Waals surface area contributed by atoms with Crippen LogP contribution in [0.15, 0.2) is 0 Å². The van der Waals surface area contributed by atoms with Crippen LogP contribution in [0, 0.1) is 5.92 Å². The molecule has 3 heteroatoms. The minimum absolute atomic E-state index is 0.0378. The van der Waals surface area contributed by atoms with Gasteiger partial charge in [-0.05, 0) is 24.4 Å². The summed E-state index contributed by atoms with van der Waals surface area (Å²) in [5.41, 5.74) is 0. The van der Waals surface area contributed by atoms with Gasteiger partial charge in [0.05, 0.1) is 0 Å². The Morgan fingerprint density at radius 1 is 1.67 bits per heavy atom. The van der Waals surface area contributed by atoms with E-state index < -0.39 is 0 Å². The minimum Gasteiger partial charge on any atom is -0.281 e. The molecule has 1 atom stereocenters. The van der Waals surface area contributed by atoms with Gasteiger partial charge in [0.2, 0.25) is 5.24 Å². The fourth-order valence-corrected chi connectivity index (χ4v) is 1.14. The van der Waals surface area contributed by atoms with Crippen LogP contribution >= 0.6 is 23.2 Å². The molecule has 9 heavy (non-hydrogen) atoms. The molecule has 0 fully saturated rings. The molecule has 0 aromatic rings. The quantitative estimate of drug-likeness (QED) is 0.466. The van der Waals surface area contributed by atoms with Crippen molar-refractivity contribution in [2.24, 2.45) is 5.92 Å². The molecule has 0 radical (unpaired) electrons. The zero-order valence-electron chi connectivity index (χ0n) is 5.36. The number of carbonyl (C=O) groups excluding carboxylic acids is 1. The van der Waals surface area contributed by atoms with Crippen LogP contribution in [0.1, 0.15) is 19.8 Å². The van der Waals surface area contributed by atoms with Crippen LogP contribution in [-0.4, -0.2) is 11.1 Å². The van der Waals surface area contributed by atoms with Gasteiger partial charge < -0.3 is 0 Å². The molecule has 0 spiro atoms. The van der Waals surface area contributed by atoms with Gasteiger partial charge in [-0.25, -0.2) is 0 Å². The molecule has 0 saturated heterocycles. The summed E-state index contributed by atoms with van der Waals surface area (Å²) in [6.07, 6.45) is 1.48. The standard InChI is InChI=1S/C6H10Cl2O/c1-2-5(3-4-7)6(8)9/h5H,2-4H2,1H3. The Labute approximate surface area is 65.3 Å². The molecule has 0 aliphatic carbocycles. The van der Waals surface area contributed by atoms with Crippen molar-refractivity contribution in [1.82, 2.24) is 0 Å². The number of hydrogen-bond donors (Lipinski definition) is 0. The minimum atomic E-state index is -0.266. The molecule has 0 rings (SSSR count). The Morgan fingerprint density at radius 2 is 2.22 bits per heavy atom. The maximum Gasteiger partial charge on any atom is 0.224 e. The van der Waals surface area contributed by atoms with Crippen LogP contribution in [0.5, 0.6) is 0 Å². The van der Waals surface area contributed by atoms with E-state index in [0.29, 0.717) is 12.3 Å². The Hall–Kier alpha value is 0.250. The summed E-state index contributed by atoms with van der Waals surface area (Å²) < 4.78 is 0. The fraction of sp³-hybridized carbons (Fsp3) is 0.833. The maximum absolute atomic E-state index is 10.5. The summed E-state index contributed by atoms with van der Waals surface area (Å²) in [5, 5.41) is -0.266. The van der Waals surface area contributed by atoms with Crippen molar-refractivity contribution < 1.29 is 4.79 Å². The highest BCUT2D eigenvalue weighted by Crippen LogP contribution is 2.12. The third kappa shape index (κ3) is 3.77. The number of hydrogen-bond acceptors (Lipinski definition) is 1. The van der Waals surface area contributed by atoms with Crippen molar-refractivity contribution in [3.05, 3.63) is 0 Å². The average Bonchev–Trinajstić information content (AvgIpc) is 1.82. The van der Waals surface area contributed by atoms with Gasteiger partial charge >= 0.3 is 0 Å². The predicted octanol–water partition coefficient (Wildman–Crippen LogP) is 2.41. The molecular weight excluding hydrogens is 159 g/mol. The molecule has 0 N–H and O–H groups in total. The predicted molar refractivity (Wildman–Crippen MR) is 40.0 cm³/mol. The fourth-order valence-electron chi connectivity index (χ4n) is 0.610. The molecule has 0 bridgehead atoms. The van der Waals surface area contributed by atoms with Gasteiger partial charge in [0.25, 0.3) is 0 Å². The highest BCUT2D eigenvalue weighted by molar-refractivity contribution is 6.64. The van der Waals surface area contributed by atoms with E-state index in [1.807, 2.05) is 6.92 Å². The summed E-state index contributed by atoms with van der Waals surface area (Å²) in [4.78, 5) is 10.5. The third-order valence-corrected chi connectivity index (χ3v) is 1.80. The highest BCUT2D eigenvalue weighted by Gasteiger charge is 2.11. The van der Waals surface area contributed by atoms with E-state index >= 15 is 0 Å². The summed E-state index contributed by atoms with van der Waals surface area (Å²) in [5.74, 6) is 0.473. The first-order valence-electron chi connectivity index (χ1n) is 2.97. The van der Waals surface area contributed by atoms with Crippen LogP contribution in [0.4, 0.5) is 0 Å². The van der Waals surface area contributed by atoms with E-state index in [4.69, 9.17) is 23.2 Å². The van der Waals surface area contributed by atoms with Crippen LogP contribution in [0.3, 0.4) is 0 Å². The van der Waals surface area contributed by atoms with E-state index in [0.717, 1.165) is 6.42 Å². The lowest BCUT2D eigenvalue weighted by molar-refractivity contribution is -0.115. The topological polar surface area (TPSA) is 17.1 Å².